The van der Waals surface area contributed by atoms with Crippen molar-refractivity contribution in [1.29, 1.82) is 0 Å². The molecule has 0 aliphatic heterocycles. The molecule has 0 saturated heterocycles. The lowest BCUT2D eigenvalue weighted by Gasteiger charge is -2.44. The van der Waals surface area contributed by atoms with E-state index < -0.39 is 91.3 Å². The van der Waals surface area contributed by atoms with Gasteiger partial charge in [0.25, 0.3) is 0 Å². The molecule has 1 aliphatic rings. The van der Waals surface area contributed by atoms with Gasteiger partial charge in [0.15, 0.2) is 6.10 Å². The molecule has 0 bridgehead atoms. The van der Waals surface area contributed by atoms with Gasteiger partial charge in [-0.1, -0.05) is 162 Å². The molecule has 368 valence electrons. The fourth-order valence-electron chi connectivity index (χ4n) is 7.23. The van der Waals surface area contributed by atoms with Crippen LogP contribution in [0.2, 0.25) is 0 Å². The second kappa shape index (κ2) is 33.6. The maximum atomic E-state index is 13.1. The molecule has 0 aromatic carbocycles. The molecule has 1 rings (SSSR count). The summed E-state index contributed by atoms with van der Waals surface area (Å²) in [5, 5.41) is 31.8. The van der Waals surface area contributed by atoms with E-state index >= 15 is 0 Å². The highest BCUT2D eigenvalue weighted by Gasteiger charge is 2.56. The first kappa shape index (κ1) is 59.2. The Morgan fingerprint density at radius 3 is 1.18 bits per heavy atom. The number of rotatable bonds is 39. The average molecular weight is 957 g/mol. The highest BCUT2D eigenvalue weighted by molar-refractivity contribution is 7.47. The van der Waals surface area contributed by atoms with Gasteiger partial charge in [0, 0.05) is 12.8 Å². The zero-order chi connectivity index (χ0) is 46.4. The van der Waals surface area contributed by atoms with E-state index in [9.17, 15) is 63.1 Å². The van der Waals surface area contributed by atoms with Crippen LogP contribution in [0.3, 0.4) is 0 Å². The average Bonchev–Trinajstić information content (AvgIpc) is 3.19. The highest BCUT2D eigenvalue weighted by Crippen LogP contribution is 2.51. The van der Waals surface area contributed by atoms with Crippen molar-refractivity contribution >= 4 is 35.4 Å². The predicted molar refractivity (Wildman–Crippen MR) is 229 cm³/mol. The molecule has 0 amide bonds. The molecular weight excluding hydrogens is 877 g/mol. The molecule has 1 aliphatic carbocycles. The van der Waals surface area contributed by atoms with Gasteiger partial charge in [-0.25, -0.2) is 13.7 Å². The summed E-state index contributed by atoms with van der Waals surface area (Å²) in [4.78, 5) is 73.0. The zero-order valence-corrected chi connectivity index (χ0v) is 39.6. The van der Waals surface area contributed by atoms with Crippen molar-refractivity contribution in [3.05, 3.63) is 0 Å². The number of ether oxygens (including phenoxy) is 2. The van der Waals surface area contributed by atoms with Crippen LogP contribution in [-0.2, 0) is 50.9 Å². The largest absolute Gasteiger partial charge is 0.472 e. The fourth-order valence-corrected chi connectivity index (χ4v) is 9.33. The number of phosphoric acid groups is 3. The third kappa shape index (κ3) is 29.6. The van der Waals surface area contributed by atoms with E-state index in [1.807, 2.05) is 0 Å². The Labute approximate surface area is 368 Å². The molecule has 0 radical (unpaired) electrons. The van der Waals surface area contributed by atoms with Crippen molar-refractivity contribution in [3.63, 3.8) is 0 Å². The lowest BCUT2D eigenvalue weighted by atomic mass is 9.85. The van der Waals surface area contributed by atoms with Gasteiger partial charge in [-0.15, -0.1) is 0 Å². The van der Waals surface area contributed by atoms with E-state index in [4.69, 9.17) is 18.5 Å². The number of aliphatic hydroxyl groups is 3. The van der Waals surface area contributed by atoms with E-state index in [2.05, 4.69) is 22.9 Å². The van der Waals surface area contributed by atoms with E-state index in [1.165, 1.54) is 96.3 Å². The molecule has 19 nitrogen and oxygen atoms in total. The van der Waals surface area contributed by atoms with Crippen molar-refractivity contribution in [1.82, 2.24) is 0 Å². The second-order valence-corrected chi connectivity index (χ2v) is 20.1. The summed E-state index contributed by atoms with van der Waals surface area (Å²) in [5.74, 6) is -1.29. The van der Waals surface area contributed by atoms with Gasteiger partial charge in [-0.3, -0.25) is 27.7 Å². The van der Waals surface area contributed by atoms with Crippen LogP contribution in [0.25, 0.3) is 0 Å². The molecule has 0 spiro atoms. The van der Waals surface area contributed by atoms with Crippen molar-refractivity contribution in [2.24, 2.45) is 0 Å². The summed E-state index contributed by atoms with van der Waals surface area (Å²) >= 11 is 0. The van der Waals surface area contributed by atoms with Crippen molar-refractivity contribution < 1.29 is 90.6 Å². The molecule has 8 N–H and O–H groups in total. The number of phosphoric ester groups is 3. The quantitative estimate of drug-likeness (QED) is 0.0167. The Hall–Kier alpha value is -0.850. The monoisotopic (exact) mass is 956 g/mol. The standard InChI is InChI=1S/C40H79O19P3/c1-3-5-7-9-11-13-15-17-19-20-22-24-26-28-33(41)54-30-32(56-34(42)29-27-25-23-21-18-16-14-12-10-8-6-4-2)31-55-62(52,53)59-38-35(43)36(44)39(57-60(46,47)48)40(37(38)45)58-61(49,50)51/h32,35-40,43-45H,3-31H2,1-2H3,(H,52,53)(H2,46,47,48)(H2,49,50,51)/t32-,35-,36-,37+,38+,39+,40+/m1/s1. The number of esters is 2. The van der Waals surface area contributed by atoms with Crippen LogP contribution in [0.4, 0.5) is 0 Å². The van der Waals surface area contributed by atoms with Crippen molar-refractivity contribution in [2.75, 3.05) is 13.2 Å². The van der Waals surface area contributed by atoms with E-state index in [0.29, 0.717) is 12.8 Å². The van der Waals surface area contributed by atoms with Gasteiger partial charge in [0.2, 0.25) is 0 Å². The van der Waals surface area contributed by atoms with Gasteiger partial charge in [0.05, 0.1) is 6.61 Å². The molecule has 1 unspecified atom stereocenters. The minimum Gasteiger partial charge on any atom is -0.462 e. The first-order chi connectivity index (χ1) is 29.3. The Morgan fingerprint density at radius 1 is 0.452 bits per heavy atom. The lowest BCUT2D eigenvalue weighted by molar-refractivity contribution is -0.213. The zero-order valence-electron chi connectivity index (χ0n) is 37.0. The van der Waals surface area contributed by atoms with E-state index in [0.717, 1.165) is 51.4 Å². The van der Waals surface area contributed by atoms with Crippen LogP contribution in [0.1, 0.15) is 187 Å². The van der Waals surface area contributed by atoms with Gasteiger partial charge in [-0.05, 0) is 12.8 Å². The normalized spacial score (nSPS) is 22.3. The number of carbonyl (C=O) groups excluding carboxylic acids is 2. The van der Waals surface area contributed by atoms with Gasteiger partial charge in [-0.2, -0.15) is 0 Å². The first-order valence-electron chi connectivity index (χ1n) is 22.8. The topological polar surface area (TPSA) is 303 Å². The summed E-state index contributed by atoms with van der Waals surface area (Å²) in [5.41, 5.74) is 0. The highest BCUT2D eigenvalue weighted by atomic mass is 31.2. The summed E-state index contributed by atoms with van der Waals surface area (Å²) in [7, 11) is -16.6. The molecule has 62 heavy (non-hydrogen) atoms. The van der Waals surface area contributed by atoms with E-state index in [-0.39, 0.29) is 12.8 Å². The first-order valence-corrected chi connectivity index (χ1v) is 27.4. The molecule has 1 saturated carbocycles. The van der Waals surface area contributed by atoms with Crippen molar-refractivity contribution in [3.8, 4) is 0 Å². The lowest BCUT2D eigenvalue weighted by Crippen LogP contribution is -2.65. The molecule has 1 fully saturated rings. The Balaban J connectivity index is 2.76. The van der Waals surface area contributed by atoms with E-state index in [1.54, 1.807) is 0 Å². The number of unbranched alkanes of at least 4 members (excludes halogenated alkanes) is 23. The van der Waals surface area contributed by atoms with Crippen LogP contribution in [0.5, 0.6) is 0 Å². The molecule has 0 aromatic rings. The predicted octanol–water partition coefficient (Wildman–Crippen LogP) is 7.57. The van der Waals surface area contributed by atoms with Crippen LogP contribution >= 0.6 is 23.5 Å². The number of hydrogen-bond acceptors (Lipinski definition) is 14. The maximum absolute atomic E-state index is 13.1. The van der Waals surface area contributed by atoms with Crippen molar-refractivity contribution in [2.45, 2.75) is 230 Å². The van der Waals surface area contributed by atoms with Crippen LogP contribution < -0.4 is 0 Å². The Kier molecular flexibility index (Phi) is 32.1. The van der Waals surface area contributed by atoms with Crippen LogP contribution in [0, 0.1) is 0 Å². The summed E-state index contributed by atoms with van der Waals surface area (Å²) in [6, 6.07) is 0. The number of carbonyl (C=O) groups is 2. The van der Waals surface area contributed by atoms with Gasteiger partial charge in [0.1, 0.15) is 43.2 Å². The summed E-state index contributed by atoms with van der Waals surface area (Å²) in [6.07, 6.45) is 11.4. The summed E-state index contributed by atoms with van der Waals surface area (Å²) in [6.45, 7) is 2.93. The Morgan fingerprint density at radius 2 is 0.790 bits per heavy atom. The molecule has 0 aromatic heterocycles. The second-order valence-electron chi connectivity index (χ2n) is 16.4. The minimum absolute atomic E-state index is 0.00523. The number of hydrogen-bond donors (Lipinski definition) is 8. The summed E-state index contributed by atoms with van der Waals surface area (Å²) < 4.78 is 65.3. The van der Waals surface area contributed by atoms with Crippen LogP contribution in [0.15, 0.2) is 0 Å². The van der Waals surface area contributed by atoms with Gasteiger partial charge >= 0.3 is 35.4 Å². The Bertz CT molecular complexity index is 1330. The number of aliphatic hydroxyl groups excluding tert-OH is 3. The maximum Gasteiger partial charge on any atom is 0.472 e. The van der Waals surface area contributed by atoms with Gasteiger partial charge < -0.3 is 49.3 Å². The van der Waals surface area contributed by atoms with Crippen LogP contribution in [-0.4, -0.2) is 108 Å². The molecule has 0 heterocycles. The third-order valence-corrected chi connectivity index (χ3v) is 12.7. The SMILES string of the molecule is CCCCCCCCCCCCCCCC(=O)OC[C@H](COP(=O)(O)O[C@H]1[C@H](O)[C@@H](O)[C@H](OP(=O)(O)O)[C@@H](OP(=O)(O)O)[C@H]1O)OC(=O)CCCCCCCCCCCCCC. The molecule has 8 atom stereocenters. The molecule has 22 heteroatoms. The third-order valence-electron chi connectivity index (χ3n) is 10.7. The fraction of sp³-hybridized carbons (Fsp3) is 0.950. The smallest absolute Gasteiger partial charge is 0.462 e. The molecular formula is C40H79O19P3. The minimum atomic E-state index is -5.59.